The number of aryl methyl sites for hydroxylation is 1. The van der Waals surface area contributed by atoms with Crippen LogP contribution in [0.3, 0.4) is 0 Å². The smallest absolute Gasteiger partial charge is 0.165 e. The summed E-state index contributed by atoms with van der Waals surface area (Å²) in [6, 6.07) is 2.82. The Morgan fingerprint density at radius 2 is 2.00 bits per heavy atom. The van der Waals surface area contributed by atoms with Crippen LogP contribution in [0.1, 0.15) is 37.8 Å². The molecule has 0 aromatic heterocycles. The molecule has 0 amide bonds. The van der Waals surface area contributed by atoms with Crippen LogP contribution < -0.4 is 0 Å². The van der Waals surface area contributed by atoms with E-state index in [1.165, 1.54) is 19.2 Å². The molecule has 0 atom stereocenters. The van der Waals surface area contributed by atoms with Crippen LogP contribution in [0.25, 0.3) is 5.57 Å². The van der Waals surface area contributed by atoms with E-state index >= 15 is 0 Å². The van der Waals surface area contributed by atoms with Gasteiger partial charge in [0.05, 0.1) is 7.11 Å². The van der Waals surface area contributed by atoms with Crippen molar-refractivity contribution in [3.8, 4) is 5.75 Å². The first-order valence-corrected chi connectivity index (χ1v) is 7.10. The lowest BCUT2D eigenvalue weighted by Gasteiger charge is -2.17. The van der Waals surface area contributed by atoms with Crippen LogP contribution in [-0.4, -0.2) is 12.2 Å². The van der Waals surface area contributed by atoms with Crippen LogP contribution >= 0.6 is 0 Å². The Hall–Kier alpha value is -2.03. The molecule has 0 aliphatic heterocycles. The van der Waals surface area contributed by atoms with E-state index in [1.54, 1.807) is 0 Å². The van der Waals surface area contributed by atoms with Gasteiger partial charge in [-0.3, -0.25) is 0 Å². The number of phenols is 1. The topological polar surface area (TPSA) is 29.5 Å². The number of aromatic hydroxyl groups is 1. The van der Waals surface area contributed by atoms with Gasteiger partial charge < -0.3 is 9.84 Å². The highest BCUT2D eigenvalue weighted by Crippen LogP contribution is 2.33. The van der Waals surface area contributed by atoms with Crippen molar-refractivity contribution in [1.29, 1.82) is 0 Å². The van der Waals surface area contributed by atoms with Crippen molar-refractivity contribution in [2.24, 2.45) is 0 Å². The lowest BCUT2D eigenvalue weighted by molar-refractivity contribution is 0.305. The van der Waals surface area contributed by atoms with E-state index in [1.807, 2.05) is 13.0 Å². The number of unbranched alkanes of at least 4 members (excludes halogenated alkanes) is 1. The minimum Gasteiger partial charge on any atom is -0.505 e. The van der Waals surface area contributed by atoms with Gasteiger partial charge in [-0.2, -0.15) is 0 Å². The third kappa shape index (κ3) is 3.97. The van der Waals surface area contributed by atoms with E-state index in [0.29, 0.717) is 17.8 Å². The standard InChI is InChI=1S/C18H23FO2/c1-6-8-9-15(12(3)13(4)21-5)16-11-17(19)18(20)10-14(16)7-2/h9-11,20H,3-4,6-8H2,1-2,5H3/b15-9-. The monoisotopic (exact) mass is 290 g/mol. The lowest BCUT2D eigenvalue weighted by atomic mass is 9.91. The first kappa shape index (κ1) is 17.0. The highest BCUT2D eigenvalue weighted by Gasteiger charge is 2.16. The number of hydrogen-bond donors (Lipinski definition) is 1. The fraction of sp³-hybridized carbons (Fsp3) is 0.333. The molecule has 0 bridgehead atoms. The Morgan fingerprint density at radius 3 is 2.52 bits per heavy atom. The van der Waals surface area contributed by atoms with Crippen LogP contribution in [0.5, 0.6) is 5.75 Å². The summed E-state index contributed by atoms with van der Waals surface area (Å²) in [6.45, 7) is 11.9. The molecule has 3 heteroatoms. The number of methoxy groups -OCH3 is 1. The first-order valence-electron chi connectivity index (χ1n) is 7.10. The number of allylic oxidation sites excluding steroid dienone is 2. The summed E-state index contributed by atoms with van der Waals surface area (Å²) in [4.78, 5) is 0. The van der Waals surface area contributed by atoms with E-state index in [0.717, 1.165) is 29.5 Å². The summed E-state index contributed by atoms with van der Waals surface area (Å²) in [7, 11) is 1.53. The number of hydrogen-bond acceptors (Lipinski definition) is 2. The predicted molar refractivity (Wildman–Crippen MR) is 85.6 cm³/mol. The van der Waals surface area contributed by atoms with Gasteiger partial charge in [-0.15, -0.1) is 0 Å². The predicted octanol–water partition coefficient (Wildman–Crippen LogP) is 4.99. The van der Waals surface area contributed by atoms with Crippen molar-refractivity contribution in [3.63, 3.8) is 0 Å². The van der Waals surface area contributed by atoms with Crippen molar-refractivity contribution in [2.45, 2.75) is 33.1 Å². The van der Waals surface area contributed by atoms with Gasteiger partial charge in [0.2, 0.25) is 0 Å². The van der Waals surface area contributed by atoms with Gasteiger partial charge in [-0.1, -0.05) is 39.5 Å². The summed E-state index contributed by atoms with van der Waals surface area (Å²) in [5.41, 5.74) is 3.02. The molecule has 0 aliphatic rings. The molecule has 114 valence electrons. The lowest BCUT2D eigenvalue weighted by Crippen LogP contribution is -2.00. The van der Waals surface area contributed by atoms with E-state index in [9.17, 15) is 9.50 Å². The second-order valence-electron chi connectivity index (χ2n) is 4.83. The molecule has 21 heavy (non-hydrogen) atoms. The zero-order chi connectivity index (χ0) is 16.0. The fourth-order valence-corrected chi connectivity index (χ4v) is 2.11. The van der Waals surface area contributed by atoms with Gasteiger partial charge in [-0.25, -0.2) is 4.39 Å². The van der Waals surface area contributed by atoms with Gasteiger partial charge in [0, 0.05) is 5.57 Å². The van der Waals surface area contributed by atoms with E-state index in [4.69, 9.17) is 4.74 Å². The second kappa shape index (κ2) is 7.67. The minimum atomic E-state index is -0.638. The highest BCUT2D eigenvalue weighted by molar-refractivity contribution is 5.83. The SMILES string of the molecule is C=C(OC)C(=C)/C(=C/CCC)c1cc(F)c(O)cc1CC. The van der Waals surface area contributed by atoms with E-state index in [2.05, 4.69) is 20.1 Å². The normalized spacial score (nSPS) is 11.3. The van der Waals surface area contributed by atoms with Crippen LogP contribution in [-0.2, 0) is 11.2 Å². The van der Waals surface area contributed by atoms with Crippen LogP contribution in [0, 0.1) is 5.82 Å². The highest BCUT2D eigenvalue weighted by atomic mass is 19.1. The quantitative estimate of drug-likeness (QED) is 0.566. The molecular formula is C18H23FO2. The first-order chi connectivity index (χ1) is 9.96. The molecule has 0 saturated heterocycles. The Kier molecular flexibility index (Phi) is 6.22. The molecule has 0 saturated carbocycles. The van der Waals surface area contributed by atoms with Gasteiger partial charge in [0.25, 0.3) is 0 Å². The van der Waals surface area contributed by atoms with Gasteiger partial charge in [0.15, 0.2) is 11.6 Å². The van der Waals surface area contributed by atoms with Gasteiger partial charge in [0.1, 0.15) is 5.76 Å². The van der Waals surface area contributed by atoms with Crippen LogP contribution in [0.4, 0.5) is 4.39 Å². The third-order valence-electron chi connectivity index (χ3n) is 3.39. The average Bonchev–Trinajstić information content (AvgIpc) is 2.49. The molecule has 0 unspecified atom stereocenters. The zero-order valence-electron chi connectivity index (χ0n) is 13.0. The molecule has 0 fully saturated rings. The molecule has 0 aliphatic carbocycles. The van der Waals surface area contributed by atoms with Crippen molar-refractivity contribution in [2.75, 3.05) is 7.11 Å². The Bertz CT molecular complexity index is 571. The molecule has 0 spiro atoms. The maximum atomic E-state index is 13.8. The van der Waals surface area contributed by atoms with Gasteiger partial charge >= 0.3 is 0 Å². The molecule has 0 radical (unpaired) electrons. The Labute approximate surface area is 126 Å². The van der Waals surface area contributed by atoms with Crippen LogP contribution in [0.2, 0.25) is 0 Å². The third-order valence-corrected chi connectivity index (χ3v) is 3.39. The number of phenolic OH excluding ortho intramolecular Hbond substituents is 1. The summed E-state index contributed by atoms with van der Waals surface area (Å²) in [5, 5.41) is 9.55. The van der Waals surface area contributed by atoms with E-state index < -0.39 is 5.82 Å². The summed E-state index contributed by atoms with van der Waals surface area (Å²) >= 11 is 0. The van der Waals surface area contributed by atoms with Crippen molar-refractivity contribution in [1.82, 2.24) is 0 Å². The number of benzene rings is 1. The van der Waals surface area contributed by atoms with Crippen LogP contribution in [0.15, 0.2) is 42.7 Å². The average molecular weight is 290 g/mol. The maximum Gasteiger partial charge on any atom is 0.165 e. The van der Waals surface area contributed by atoms with Crippen molar-refractivity contribution < 1.29 is 14.2 Å². The Morgan fingerprint density at radius 1 is 1.33 bits per heavy atom. The summed E-state index contributed by atoms with van der Waals surface area (Å²) in [6.07, 6.45) is 4.51. The Balaban J connectivity index is 3.43. The molecule has 1 N–H and O–H groups in total. The molecule has 1 aromatic carbocycles. The summed E-state index contributed by atoms with van der Waals surface area (Å²) < 4.78 is 18.9. The number of rotatable bonds is 7. The minimum absolute atomic E-state index is 0.332. The van der Waals surface area contributed by atoms with Gasteiger partial charge in [-0.05, 0) is 41.7 Å². The molecule has 0 heterocycles. The zero-order valence-corrected chi connectivity index (χ0v) is 13.0. The second-order valence-corrected chi connectivity index (χ2v) is 4.83. The maximum absolute atomic E-state index is 13.8. The van der Waals surface area contributed by atoms with Crippen molar-refractivity contribution >= 4 is 5.57 Å². The number of ether oxygens (including phenoxy) is 1. The fourth-order valence-electron chi connectivity index (χ4n) is 2.11. The molecular weight excluding hydrogens is 267 g/mol. The molecule has 1 aromatic rings. The largest absolute Gasteiger partial charge is 0.505 e. The summed E-state index contributed by atoms with van der Waals surface area (Å²) in [5.74, 6) is -0.519. The van der Waals surface area contributed by atoms with E-state index in [-0.39, 0.29) is 5.75 Å². The number of halogens is 1. The van der Waals surface area contributed by atoms with Crippen molar-refractivity contribution in [3.05, 3.63) is 59.6 Å². The molecule has 1 rings (SSSR count). The molecule has 2 nitrogen and oxygen atoms in total.